The van der Waals surface area contributed by atoms with Crippen LogP contribution in [0, 0.1) is 0 Å². The molecule has 4 nitrogen and oxygen atoms in total. The van der Waals surface area contributed by atoms with Crippen LogP contribution in [0.2, 0.25) is 5.02 Å². The molecule has 0 aliphatic heterocycles. The lowest BCUT2D eigenvalue weighted by Gasteiger charge is -2.10. The van der Waals surface area contributed by atoms with Crippen molar-refractivity contribution in [2.24, 2.45) is 0 Å². The van der Waals surface area contributed by atoms with E-state index in [0.29, 0.717) is 10.7 Å². The molecule has 2 aromatic rings. The third-order valence-corrected chi connectivity index (χ3v) is 5.65. The van der Waals surface area contributed by atoms with Gasteiger partial charge in [0.1, 0.15) is 0 Å². The van der Waals surface area contributed by atoms with Crippen LogP contribution in [0.5, 0.6) is 0 Å². The van der Waals surface area contributed by atoms with Gasteiger partial charge in [-0.1, -0.05) is 29.8 Å². The fraction of sp³-hybridized carbons (Fsp3) is 0.188. The van der Waals surface area contributed by atoms with Crippen LogP contribution < -0.4 is 5.32 Å². The zero-order valence-electron chi connectivity index (χ0n) is 12.2. The summed E-state index contributed by atoms with van der Waals surface area (Å²) in [6.45, 7) is 3.21. The van der Waals surface area contributed by atoms with E-state index in [1.54, 1.807) is 50.2 Å². The van der Waals surface area contributed by atoms with Gasteiger partial charge in [0.15, 0.2) is 9.84 Å². The average molecular weight is 338 g/mol. The van der Waals surface area contributed by atoms with E-state index in [2.05, 4.69) is 5.32 Å². The monoisotopic (exact) mass is 337 g/mol. The van der Waals surface area contributed by atoms with Crippen molar-refractivity contribution in [2.45, 2.75) is 24.0 Å². The summed E-state index contributed by atoms with van der Waals surface area (Å²) in [7, 11) is -3.42. The van der Waals surface area contributed by atoms with Gasteiger partial charge < -0.3 is 5.32 Å². The zero-order chi connectivity index (χ0) is 16.3. The van der Waals surface area contributed by atoms with Crippen LogP contribution in [0.4, 0.5) is 5.69 Å². The minimum Gasteiger partial charge on any atom is -0.321 e. The summed E-state index contributed by atoms with van der Waals surface area (Å²) in [5.41, 5.74) is 0.743. The first-order chi connectivity index (χ1) is 10.3. The molecule has 0 aromatic heterocycles. The Morgan fingerprint density at radius 2 is 1.77 bits per heavy atom. The summed E-state index contributed by atoms with van der Waals surface area (Å²) in [5, 5.41) is 2.54. The number of hydrogen-bond donors (Lipinski definition) is 1. The second kappa shape index (κ2) is 6.50. The van der Waals surface area contributed by atoms with Gasteiger partial charge in [-0.15, -0.1) is 0 Å². The van der Waals surface area contributed by atoms with Gasteiger partial charge in [0.2, 0.25) is 0 Å². The third-order valence-electron chi connectivity index (χ3n) is 3.17. The molecule has 116 valence electrons. The van der Waals surface area contributed by atoms with Gasteiger partial charge in [0, 0.05) is 5.56 Å². The summed E-state index contributed by atoms with van der Waals surface area (Å²) in [5.74, 6) is -0.408. The second-order valence-electron chi connectivity index (χ2n) is 5.06. The van der Waals surface area contributed by atoms with Crippen LogP contribution >= 0.6 is 11.6 Å². The Bertz CT molecular complexity index is 801. The molecule has 2 rings (SSSR count). The van der Waals surface area contributed by atoms with Gasteiger partial charge in [-0.2, -0.15) is 0 Å². The van der Waals surface area contributed by atoms with E-state index >= 15 is 0 Å². The molecule has 0 unspecified atom stereocenters. The van der Waals surface area contributed by atoms with Gasteiger partial charge in [-0.3, -0.25) is 4.79 Å². The van der Waals surface area contributed by atoms with Crippen molar-refractivity contribution < 1.29 is 13.2 Å². The Kier molecular flexibility index (Phi) is 4.88. The standard InChI is InChI=1S/C16H16ClNO3S/c1-11(2)22(20,21)13-7-5-6-12(10-13)16(19)18-15-9-4-3-8-14(15)17/h3-11H,1-2H3,(H,18,19). The quantitative estimate of drug-likeness (QED) is 0.923. The maximum atomic E-state index is 12.3. The summed E-state index contributed by atoms with van der Waals surface area (Å²) in [6, 6.07) is 12.8. The highest BCUT2D eigenvalue weighted by molar-refractivity contribution is 7.92. The number of hydrogen-bond acceptors (Lipinski definition) is 3. The number of carbonyl (C=O) groups is 1. The number of benzene rings is 2. The lowest BCUT2D eigenvalue weighted by atomic mass is 10.2. The molecular weight excluding hydrogens is 322 g/mol. The number of amides is 1. The van der Waals surface area contributed by atoms with Crippen molar-refractivity contribution in [1.29, 1.82) is 0 Å². The molecule has 1 amide bonds. The molecule has 22 heavy (non-hydrogen) atoms. The Hall–Kier alpha value is -1.85. The Morgan fingerprint density at radius 1 is 1.09 bits per heavy atom. The van der Waals surface area contributed by atoms with Crippen LogP contribution in [0.15, 0.2) is 53.4 Å². The minimum absolute atomic E-state index is 0.134. The molecule has 0 saturated carbocycles. The van der Waals surface area contributed by atoms with Crippen molar-refractivity contribution in [1.82, 2.24) is 0 Å². The first-order valence-electron chi connectivity index (χ1n) is 6.72. The normalized spacial score (nSPS) is 11.5. The molecule has 0 atom stereocenters. The van der Waals surface area contributed by atoms with Crippen LogP contribution in [0.3, 0.4) is 0 Å². The number of para-hydroxylation sites is 1. The predicted octanol–water partition coefficient (Wildman–Crippen LogP) is 3.77. The minimum atomic E-state index is -3.42. The molecule has 0 aliphatic rings. The number of nitrogens with one attached hydrogen (secondary N) is 1. The lowest BCUT2D eigenvalue weighted by Crippen LogP contribution is -2.16. The van der Waals surface area contributed by atoms with Crippen LogP contribution in [-0.2, 0) is 9.84 Å². The van der Waals surface area contributed by atoms with Gasteiger partial charge in [0.25, 0.3) is 5.91 Å². The topological polar surface area (TPSA) is 63.2 Å². The van der Waals surface area contributed by atoms with Gasteiger partial charge in [-0.25, -0.2) is 8.42 Å². The molecule has 0 saturated heterocycles. The molecule has 6 heteroatoms. The molecule has 1 N–H and O–H groups in total. The van der Waals surface area contributed by atoms with Crippen molar-refractivity contribution in [3.05, 3.63) is 59.1 Å². The van der Waals surface area contributed by atoms with E-state index in [1.807, 2.05) is 0 Å². The molecule has 0 fully saturated rings. The number of sulfone groups is 1. The molecule has 0 bridgehead atoms. The first kappa shape index (κ1) is 16.5. The Labute approximate surface area is 135 Å². The van der Waals surface area contributed by atoms with Crippen molar-refractivity contribution in [3.8, 4) is 0 Å². The van der Waals surface area contributed by atoms with Crippen LogP contribution in [-0.4, -0.2) is 19.6 Å². The predicted molar refractivity (Wildman–Crippen MR) is 88.2 cm³/mol. The van der Waals surface area contributed by atoms with Crippen LogP contribution in [0.1, 0.15) is 24.2 Å². The summed E-state index contributed by atoms with van der Waals surface area (Å²) >= 11 is 5.99. The van der Waals surface area contributed by atoms with Crippen molar-refractivity contribution >= 4 is 33.0 Å². The van der Waals surface area contributed by atoms with Crippen molar-refractivity contribution in [3.63, 3.8) is 0 Å². The van der Waals surface area contributed by atoms with Crippen molar-refractivity contribution in [2.75, 3.05) is 5.32 Å². The molecule has 0 spiro atoms. The molecule has 2 aromatic carbocycles. The van der Waals surface area contributed by atoms with Gasteiger partial charge in [0.05, 0.1) is 20.9 Å². The average Bonchev–Trinajstić information content (AvgIpc) is 2.49. The molecule has 0 radical (unpaired) electrons. The van der Waals surface area contributed by atoms with E-state index in [1.165, 1.54) is 12.1 Å². The van der Waals surface area contributed by atoms with Gasteiger partial charge >= 0.3 is 0 Å². The van der Waals surface area contributed by atoms with Crippen LogP contribution in [0.25, 0.3) is 0 Å². The number of halogens is 1. The molecule has 0 aliphatic carbocycles. The Balaban J connectivity index is 2.31. The fourth-order valence-electron chi connectivity index (χ4n) is 1.84. The smallest absolute Gasteiger partial charge is 0.255 e. The van der Waals surface area contributed by atoms with E-state index in [4.69, 9.17) is 11.6 Å². The molecular formula is C16H16ClNO3S. The highest BCUT2D eigenvalue weighted by Gasteiger charge is 2.20. The maximum absolute atomic E-state index is 12.3. The SMILES string of the molecule is CC(C)S(=O)(=O)c1cccc(C(=O)Nc2ccccc2Cl)c1. The van der Waals surface area contributed by atoms with E-state index in [0.717, 1.165) is 0 Å². The Morgan fingerprint density at radius 3 is 2.41 bits per heavy atom. The molecule has 0 heterocycles. The highest BCUT2D eigenvalue weighted by Crippen LogP contribution is 2.22. The number of carbonyl (C=O) groups excluding carboxylic acids is 1. The summed E-state index contributed by atoms with van der Waals surface area (Å²) < 4.78 is 24.3. The van der Waals surface area contributed by atoms with Gasteiger partial charge in [-0.05, 0) is 44.2 Å². The third kappa shape index (κ3) is 3.48. The van der Waals surface area contributed by atoms with E-state index < -0.39 is 21.0 Å². The second-order valence-corrected chi connectivity index (χ2v) is 7.97. The largest absolute Gasteiger partial charge is 0.321 e. The van der Waals surface area contributed by atoms with E-state index in [9.17, 15) is 13.2 Å². The summed E-state index contributed by atoms with van der Waals surface area (Å²) in [4.78, 5) is 12.4. The first-order valence-corrected chi connectivity index (χ1v) is 8.64. The number of rotatable bonds is 4. The zero-order valence-corrected chi connectivity index (χ0v) is 13.8. The maximum Gasteiger partial charge on any atom is 0.255 e. The van der Waals surface area contributed by atoms with E-state index in [-0.39, 0.29) is 10.5 Å². The highest BCUT2D eigenvalue weighted by atomic mass is 35.5. The fourth-order valence-corrected chi connectivity index (χ4v) is 3.13. The summed E-state index contributed by atoms with van der Waals surface area (Å²) in [6.07, 6.45) is 0. The number of anilines is 1. The lowest BCUT2D eigenvalue weighted by molar-refractivity contribution is 0.102.